The summed E-state index contributed by atoms with van der Waals surface area (Å²) in [4.78, 5) is 12.2. The first kappa shape index (κ1) is 15.5. The van der Waals surface area contributed by atoms with E-state index in [1.54, 1.807) is 24.3 Å². The molecule has 0 aliphatic rings. The SMILES string of the molecule is CCCOc1cccc(C(=O)Nc2ccc(F)c(Br)c2)c1. The molecule has 2 rings (SSSR count). The van der Waals surface area contributed by atoms with Gasteiger partial charge in [0, 0.05) is 11.3 Å². The molecule has 5 heteroatoms. The third-order valence-electron chi connectivity index (χ3n) is 2.75. The predicted octanol–water partition coefficient (Wildman–Crippen LogP) is 4.63. The summed E-state index contributed by atoms with van der Waals surface area (Å²) >= 11 is 3.09. The fraction of sp³-hybridized carbons (Fsp3) is 0.188. The van der Waals surface area contributed by atoms with Crippen LogP contribution in [0.25, 0.3) is 0 Å². The van der Waals surface area contributed by atoms with Crippen LogP contribution in [0, 0.1) is 5.82 Å². The molecule has 1 N–H and O–H groups in total. The Balaban J connectivity index is 2.10. The number of ether oxygens (including phenoxy) is 1. The monoisotopic (exact) mass is 351 g/mol. The van der Waals surface area contributed by atoms with Gasteiger partial charge in [-0.15, -0.1) is 0 Å². The van der Waals surface area contributed by atoms with Gasteiger partial charge in [-0.1, -0.05) is 13.0 Å². The number of amides is 1. The summed E-state index contributed by atoms with van der Waals surface area (Å²) in [5.74, 6) is 0.0169. The number of rotatable bonds is 5. The van der Waals surface area contributed by atoms with Crippen molar-refractivity contribution in [3.63, 3.8) is 0 Å². The maximum Gasteiger partial charge on any atom is 0.255 e. The van der Waals surface area contributed by atoms with Gasteiger partial charge in [0.15, 0.2) is 0 Å². The molecule has 0 aliphatic carbocycles. The molecule has 0 fully saturated rings. The Kier molecular flexibility index (Phi) is 5.33. The molecule has 3 nitrogen and oxygen atoms in total. The molecule has 0 heterocycles. The Bertz CT molecular complexity index is 646. The summed E-state index contributed by atoms with van der Waals surface area (Å²) in [5.41, 5.74) is 1.01. The van der Waals surface area contributed by atoms with Crippen LogP contribution in [0.2, 0.25) is 0 Å². The lowest BCUT2D eigenvalue weighted by atomic mass is 10.2. The molecule has 0 aliphatic heterocycles. The Morgan fingerprint density at radius 3 is 2.81 bits per heavy atom. The van der Waals surface area contributed by atoms with Crippen LogP contribution in [0.3, 0.4) is 0 Å². The van der Waals surface area contributed by atoms with E-state index in [1.165, 1.54) is 18.2 Å². The largest absolute Gasteiger partial charge is 0.494 e. The van der Waals surface area contributed by atoms with Crippen LogP contribution < -0.4 is 10.1 Å². The molecule has 0 spiro atoms. The maximum atomic E-state index is 13.2. The fourth-order valence-electron chi connectivity index (χ4n) is 1.72. The summed E-state index contributed by atoms with van der Waals surface area (Å²) in [6.07, 6.45) is 0.903. The number of hydrogen-bond acceptors (Lipinski definition) is 2. The number of benzene rings is 2. The molecule has 21 heavy (non-hydrogen) atoms. The van der Waals surface area contributed by atoms with Gasteiger partial charge in [-0.3, -0.25) is 4.79 Å². The van der Waals surface area contributed by atoms with E-state index in [0.717, 1.165) is 6.42 Å². The van der Waals surface area contributed by atoms with Crippen molar-refractivity contribution >= 4 is 27.5 Å². The number of carbonyl (C=O) groups excluding carboxylic acids is 1. The molecule has 2 aromatic carbocycles. The summed E-state index contributed by atoms with van der Waals surface area (Å²) in [5, 5.41) is 2.72. The first-order valence-electron chi connectivity index (χ1n) is 6.59. The minimum atomic E-state index is -0.372. The molecule has 0 saturated carbocycles. The lowest BCUT2D eigenvalue weighted by Gasteiger charge is -2.08. The van der Waals surface area contributed by atoms with Gasteiger partial charge < -0.3 is 10.1 Å². The van der Waals surface area contributed by atoms with Crippen molar-refractivity contribution in [3.05, 3.63) is 58.3 Å². The highest BCUT2D eigenvalue weighted by Gasteiger charge is 2.08. The zero-order chi connectivity index (χ0) is 15.2. The second kappa shape index (κ2) is 7.22. The van der Waals surface area contributed by atoms with Gasteiger partial charge in [-0.05, 0) is 58.7 Å². The molecule has 0 unspecified atom stereocenters. The molecule has 110 valence electrons. The number of carbonyl (C=O) groups is 1. The van der Waals surface area contributed by atoms with Gasteiger partial charge in [-0.25, -0.2) is 4.39 Å². The van der Waals surface area contributed by atoms with Crippen molar-refractivity contribution in [2.45, 2.75) is 13.3 Å². The van der Waals surface area contributed by atoms with Crippen molar-refractivity contribution in [1.82, 2.24) is 0 Å². The van der Waals surface area contributed by atoms with Crippen molar-refractivity contribution in [3.8, 4) is 5.75 Å². The second-order valence-electron chi connectivity index (χ2n) is 4.46. The molecule has 0 bridgehead atoms. The molecular formula is C16H15BrFNO2. The van der Waals surface area contributed by atoms with Crippen molar-refractivity contribution < 1.29 is 13.9 Å². The molecule has 0 aromatic heterocycles. The average molecular weight is 352 g/mol. The number of anilines is 1. The Hall–Kier alpha value is -1.88. The zero-order valence-corrected chi connectivity index (χ0v) is 13.1. The first-order chi connectivity index (χ1) is 10.1. The summed E-state index contributed by atoms with van der Waals surface area (Å²) in [6, 6.07) is 11.3. The van der Waals surface area contributed by atoms with Gasteiger partial charge in [0.25, 0.3) is 5.91 Å². The van der Waals surface area contributed by atoms with Gasteiger partial charge in [0.2, 0.25) is 0 Å². The zero-order valence-electron chi connectivity index (χ0n) is 11.5. The highest BCUT2D eigenvalue weighted by atomic mass is 79.9. The van der Waals surface area contributed by atoms with E-state index in [9.17, 15) is 9.18 Å². The number of halogens is 2. The van der Waals surface area contributed by atoms with E-state index < -0.39 is 0 Å². The highest BCUT2D eigenvalue weighted by molar-refractivity contribution is 9.10. The summed E-state index contributed by atoms with van der Waals surface area (Å²) < 4.78 is 19.0. The van der Waals surface area contributed by atoms with E-state index in [1.807, 2.05) is 6.92 Å². The Morgan fingerprint density at radius 2 is 2.10 bits per heavy atom. The van der Waals surface area contributed by atoms with Crippen molar-refractivity contribution in [1.29, 1.82) is 0 Å². The normalized spacial score (nSPS) is 10.2. The Morgan fingerprint density at radius 1 is 1.29 bits per heavy atom. The number of hydrogen-bond donors (Lipinski definition) is 1. The molecule has 0 saturated heterocycles. The van der Waals surface area contributed by atoms with Crippen molar-refractivity contribution in [2.24, 2.45) is 0 Å². The van der Waals surface area contributed by atoms with Gasteiger partial charge in [0.05, 0.1) is 11.1 Å². The first-order valence-corrected chi connectivity index (χ1v) is 7.38. The van der Waals surface area contributed by atoms with E-state index in [4.69, 9.17) is 4.74 Å². The standard InChI is InChI=1S/C16H15BrFNO2/c1-2-8-21-13-5-3-4-11(9-13)16(20)19-12-6-7-15(18)14(17)10-12/h3-7,9-10H,2,8H2,1H3,(H,19,20). The minimum Gasteiger partial charge on any atom is -0.494 e. The van der Waals surface area contributed by atoms with Crippen LogP contribution in [-0.4, -0.2) is 12.5 Å². The lowest BCUT2D eigenvalue weighted by Crippen LogP contribution is -2.12. The average Bonchev–Trinajstić information content (AvgIpc) is 2.49. The topological polar surface area (TPSA) is 38.3 Å². The van der Waals surface area contributed by atoms with Crippen LogP contribution in [0.5, 0.6) is 5.75 Å². The van der Waals surface area contributed by atoms with Crippen LogP contribution in [0.1, 0.15) is 23.7 Å². The second-order valence-corrected chi connectivity index (χ2v) is 5.31. The molecule has 1 amide bonds. The smallest absolute Gasteiger partial charge is 0.255 e. The van der Waals surface area contributed by atoms with E-state index >= 15 is 0 Å². The fourth-order valence-corrected chi connectivity index (χ4v) is 2.10. The van der Waals surface area contributed by atoms with Gasteiger partial charge >= 0.3 is 0 Å². The predicted molar refractivity (Wildman–Crippen MR) is 84.3 cm³/mol. The Labute approximate surface area is 131 Å². The molecule has 0 atom stereocenters. The van der Waals surface area contributed by atoms with E-state index in [0.29, 0.717) is 28.1 Å². The van der Waals surface area contributed by atoms with Gasteiger partial charge in [-0.2, -0.15) is 0 Å². The molecule has 0 radical (unpaired) electrons. The quantitative estimate of drug-likeness (QED) is 0.852. The lowest BCUT2D eigenvalue weighted by molar-refractivity contribution is 0.102. The van der Waals surface area contributed by atoms with Crippen molar-refractivity contribution in [2.75, 3.05) is 11.9 Å². The number of nitrogens with one attached hydrogen (secondary N) is 1. The summed E-state index contributed by atoms with van der Waals surface area (Å²) in [6.45, 7) is 2.62. The maximum absolute atomic E-state index is 13.2. The van der Waals surface area contributed by atoms with Crippen LogP contribution in [0.4, 0.5) is 10.1 Å². The highest BCUT2D eigenvalue weighted by Crippen LogP contribution is 2.21. The minimum absolute atomic E-state index is 0.268. The molecular weight excluding hydrogens is 337 g/mol. The van der Waals surface area contributed by atoms with Gasteiger partial charge in [0.1, 0.15) is 11.6 Å². The van der Waals surface area contributed by atoms with Crippen LogP contribution in [0.15, 0.2) is 46.9 Å². The van der Waals surface area contributed by atoms with Crippen LogP contribution in [-0.2, 0) is 0 Å². The van der Waals surface area contributed by atoms with Crippen LogP contribution >= 0.6 is 15.9 Å². The molecule has 2 aromatic rings. The van der Waals surface area contributed by atoms with E-state index in [-0.39, 0.29) is 11.7 Å². The third kappa shape index (κ3) is 4.29. The summed E-state index contributed by atoms with van der Waals surface area (Å²) in [7, 11) is 0. The van der Waals surface area contributed by atoms with E-state index in [2.05, 4.69) is 21.2 Å². The third-order valence-corrected chi connectivity index (χ3v) is 3.35.